The van der Waals surface area contributed by atoms with Gasteiger partial charge in [0.05, 0.1) is 23.7 Å². The number of carboxylic acid groups (broad SMARTS) is 1. The molecule has 192 valence electrons. The number of cyclic esters (lactones) is 1. The Morgan fingerprint density at radius 3 is 2.42 bits per heavy atom. The second kappa shape index (κ2) is 9.49. The Balaban J connectivity index is 1.41. The molecule has 38 heavy (non-hydrogen) atoms. The first-order chi connectivity index (χ1) is 18.5. The standard InChI is InChI=1S/C31H28N2O5/c1-20-27(18-33-24(19-37-30(33)36)16-21-8-4-2-5-9-21)28(38-32-20)26-17-23(31(14-15-31)29(34)35)12-13-25(26)22-10-6-3-7-11-22/h2-13,17,24H,14-16,18-19H2,1H3,(H,34,35)/t24-/m0/s1. The summed E-state index contributed by atoms with van der Waals surface area (Å²) in [6.45, 7) is 2.46. The van der Waals surface area contributed by atoms with Crippen molar-refractivity contribution in [1.29, 1.82) is 0 Å². The minimum atomic E-state index is -0.862. The molecule has 1 aliphatic heterocycles. The summed E-state index contributed by atoms with van der Waals surface area (Å²) in [5.74, 6) is -0.268. The molecule has 0 unspecified atom stereocenters. The summed E-state index contributed by atoms with van der Waals surface area (Å²) in [5, 5.41) is 14.2. The maximum absolute atomic E-state index is 12.8. The Labute approximate surface area is 220 Å². The fourth-order valence-electron chi connectivity index (χ4n) is 5.35. The van der Waals surface area contributed by atoms with Crippen molar-refractivity contribution in [1.82, 2.24) is 10.1 Å². The summed E-state index contributed by atoms with van der Waals surface area (Å²) in [6.07, 6.45) is 1.53. The lowest BCUT2D eigenvalue weighted by Crippen LogP contribution is -2.34. The van der Waals surface area contributed by atoms with Gasteiger partial charge in [0.1, 0.15) is 6.61 Å². The van der Waals surface area contributed by atoms with Gasteiger partial charge in [0.2, 0.25) is 0 Å². The van der Waals surface area contributed by atoms with Crippen LogP contribution in [0.3, 0.4) is 0 Å². The molecule has 1 saturated heterocycles. The van der Waals surface area contributed by atoms with Crippen molar-refractivity contribution in [2.75, 3.05) is 6.61 Å². The summed E-state index contributed by atoms with van der Waals surface area (Å²) in [7, 11) is 0. The van der Waals surface area contributed by atoms with Gasteiger partial charge in [-0.2, -0.15) is 0 Å². The van der Waals surface area contributed by atoms with Crippen LogP contribution >= 0.6 is 0 Å². The molecule has 1 N–H and O–H groups in total. The third kappa shape index (κ3) is 4.24. The van der Waals surface area contributed by atoms with Crippen LogP contribution in [0.4, 0.5) is 4.79 Å². The van der Waals surface area contributed by atoms with E-state index in [-0.39, 0.29) is 18.7 Å². The fraction of sp³-hybridized carbons (Fsp3) is 0.258. The minimum absolute atomic E-state index is 0.117. The number of nitrogens with zero attached hydrogens (tertiary/aromatic N) is 2. The highest BCUT2D eigenvalue weighted by atomic mass is 16.6. The zero-order valence-electron chi connectivity index (χ0n) is 21.1. The topological polar surface area (TPSA) is 92.9 Å². The normalized spacial score (nSPS) is 17.9. The number of aliphatic carboxylic acids is 1. The number of carbonyl (C=O) groups excluding carboxylic acids is 1. The van der Waals surface area contributed by atoms with Crippen molar-refractivity contribution in [2.45, 2.75) is 44.2 Å². The summed E-state index contributed by atoms with van der Waals surface area (Å²) in [4.78, 5) is 26.7. The van der Waals surface area contributed by atoms with Crippen molar-refractivity contribution in [3.63, 3.8) is 0 Å². The zero-order chi connectivity index (χ0) is 26.3. The van der Waals surface area contributed by atoms with E-state index >= 15 is 0 Å². The van der Waals surface area contributed by atoms with Crippen LogP contribution in [0.5, 0.6) is 0 Å². The lowest BCUT2D eigenvalue weighted by molar-refractivity contribution is -0.140. The first-order valence-corrected chi connectivity index (χ1v) is 12.8. The van der Waals surface area contributed by atoms with Gasteiger partial charge >= 0.3 is 12.1 Å². The Bertz CT molecular complexity index is 1490. The van der Waals surface area contributed by atoms with Crippen molar-refractivity contribution in [3.8, 4) is 22.5 Å². The van der Waals surface area contributed by atoms with Gasteiger partial charge in [-0.15, -0.1) is 0 Å². The van der Waals surface area contributed by atoms with E-state index in [0.29, 0.717) is 37.3 Å². The predicted molar refractivity (Wildman–Crippen MR) is 141 cm³/mol. The molecular formula is C31H28N2O5. The molecule has 1 saturated carbocycles. The van der Waals surface area contributed by atoms with E-state index in [1.807, 2.05) is 85.8 Å². The Morgan fingerprint density at radius 1 is 1.03 bits per heavy atom. The lowest BCUT2D eigenvalue weighted by Gasteiger charge is -2.22. The summed E-state index contributed by atoms with van der Waals surface area (Å²) >= 11 is 0. The predicted octanol–water partition coefficient (Wildman–Crippen LogP) is 6.00. The quantitative estimate of drug-likeness (QED) is 0.314. The van der Waals surface area contributed by atoms with Crippen LogP contribution in [0.15, 0.2) is 83.4 Å². The van der Waals surface area contributed by atoms with E-state index in [1.54, 1.807) is 4.90 Å². The maximum atomic E-state index is 12.8. The molecule has 3 aromatic carbocycles. The van der Waals surface area contributed by atoms with Crippen molar-refractivity contribution in [2.24, 2.45) is 0 Å². The van der Waals surface area contributed by atoms with E-state index in [2.05, 4.69) is 5.16 Å². The molecule has 2 fully saturated rings. The number of aryl methyl sites for hydroxylation is 1. The van der Waals surface area contributed by atoms with Gasteiger partial charge in [-0.1, -0.05) is 78.0 Å². The van der Waals surface area contributed by atoms with E-state index in [0.717, 1.165) is 33.4 Å². The molecule has 1 atom stereocenters. The summed E-state index contributed by atoms with van der Waals surface area (Å²) in [5.41, 5.74) is 5.16. The van der Waals surface area contributed by atoms with Crippen molar-refractivity contribution < 1.29 is 24.0 Å². The van der Waals surface area contributed by atoms with Crippen LogP contribution in [0.2, 0.25) is 0 Å². The number of hydrogen-bond donors (Lipinski definition) is 1. The smallest absolute Gasteiger partial charge is 0.410 e. The third-order valence-corrected chi connectivity index (χ3v) is 7.76. The van der Waals surface area contributed by atoms with E-state index in [4.69, 9.17) is 9.26 Å². The van der Waals surface area contributed by atoms with Gasteiger partial charge < -0.3 is 14.4 Å². The van der Waals surface area contributed by atoms with Gasteiger partial charge in [-0.25, -0.2) is 4.79 Å². The van der Waals surface area contributed by atoms with E-state index in [1.165, 1.54) is 0 Å². The lowest BCUT2D eigenvalue weighted by atomic mass is 9.88. The van der Waals surface area contributed by atoms with E-state index < -0.39 is 11.4 Å². The van der Waals surface area contributed by atoms with Crippen molar-refractivity contribution in [3.05, 3.63) is 101 Å². The number of amides is 1. The molecular weight excluding hydrogens is 480 g/mol. The summed E-state index contributed by atoms with van der Waals surface area (Å²) in [6, 6.07) is 25.6. The Hall–Kier alpha value is -4.39. The highest BCUT2D eigenvalue weighted by Crippen LogP contribution is 2.50. The molecule has 1 aliphatic carbocycles. The molecule has 1 amide bonds. The van der Waals surface area contributed by atoms with Crippen molar-refractivity contribution >= 4 is 12.1 Å². The zero-order valence-corrected chi connectivity index (χ0v) is 21.1. The van der Waals surface area contributed by atoms with Gasteiger partial charge in [-0.05, 0) is 54.5 Å². The van der Waals surface area contributed by atoms with Crippen LogP contribution in [0.25, 0.3) is 22.5 Å². The SMILES string of the molecule is Cc1noc(-c2cc(C3(C(=O)O)CC3)ccc2-c2ccccc2)c1CN1C(=O)OC[C@@H]1Cc1ccccc1. The van der Waals surface area contributed by atoms with Gasteiger partial charge in [0.15, 0.2) is 5.76 Å². The molecule has 0 spiro atoms. The molecule has 2 aliphatic rings. The number of carboxylic acids is 1. The largest absolute Gasteiger partial charge is 0.481 e. The minimum Gasteiger partial charge on any atom is -0.481 e. The molecule has 1 aromatic heterocycles. The second-order valence-corrected chi connectivity index (χ2v) is 10.1. The molecule has 0 radical (unpaired) electrons. The first-order valence-electron chi connectivity index (χ1n) is 12.8. The molecule has 6 rings (SSSR count). The average Bonchev–Trinajstić information content (AvgIpc) is 3.59. The number of rotatable bonds is 8. The highest BCUT2D eigenvalue weighted by Gasteiger charge is 2.52. The van der Waals surface area contributed by atoms with Crippen LogP contribution in [0.1, 0.15) is 35.2 Å². The number of carbonyl (C=O) groups is 2. The van der Waals surface area contributed by atoms with Gasteiger partial charge in [0, 0.05) is 11.1 Å². The van der Waals surface area contributed by atoms with Crippen LogP contribution in [-0.4, -0.2) is 39.9 Å². The van der Waals surface area contributed by atoms with E-state index in [9.17, 15) is 14.7 Å². The highest BCUT2D eigenvalue weighted by molar-refractivity contribution is 5.88. The Morgan fingerprint density at radius 2 is 1.74 bits per heavy atom. The molecule has 7 heteroatoms. The summed E-state index contributed by atoms with van der Waals surface area (Å²) < 4.78 is 11.4. The van der Waals surface area contributed by atoms with Gasteiger partial charge in [0.25, 0.3) is 0 Å². The van der Waals surface area contributed by atoms with Crippen LogP contribution < -0.4 is 0 Å². The number of hydrogen-bond acceptors (Lipinski definition) is 5. The number of aromatic nitrogens is 1. The Kier molecular flexibility index (Phi) is 5.98. The third-order valence-electron chi connectivity index (χ3n) is 7.76. The fourth-order valence-corrected chi connectivity index (χ4v) is 5.35. The van der Waals surface area contributed by atoms with Crippen LogP contribution in [-0.2, 0) is 27.9 Å². The number of benzene rings is 3. The first kappa shape index (κ1) is 24.0. The average molecular weight is 509 g/mol. The monoisotopic (exact) mass is 508 g/mol. The maximum Gasteiger partial charge on any atom is 0.410 e. The van der Waals surface area contributed by atoms with Gasteiger partial charge in [-0.3, -0.25) is 9.69 Å². The van der Waals surface area contributed by atoms with Crippen LogP contribution in [0, 0.1) is 6.92 Å². The molecule has 0 bridgehead atoms. The molecule has 2 heterocycles. The molecule has 7 nitrogen and oxygen atoms in total. The number of ether oxygens (including phenoxy) is 1. The molecule has 4 aromatic rings. The second-order valence-electron chi connectivity index (χ2n) is 10.1.